The van der Waals surface area contributed by atoms with E-state index in [0.29, 0.717) is 6.04 Å². The van der Waals surface area contributed by atoms with E-state index in [-0.39, 0.29) is 0 Å². The highest BCUT2D eigenvalue weighted by Gasteiger charge is 2.15. The maximum atomic E-state index is 5.62. The van der Waals surface area contributed by atoms with Crippen LogP contribution in [0.15, 0.2) is 47.1 Å². The van der Waals surface area contributed by atoms with Crippen LogP contribution in [0.5, 0.6) is 0 Å². The molecule has 1 N–H and O–H groups in total. The first kappa shape index (κ1) is 13.9. The summed E-state index contributed by atoms with van der Waals surface area (Å²) in [6, 6.07) is 13.0. The zero-order chi connectivity index (χ0) is 13.5. The van der Waals surface area contributed by atoms with E-state index in [1.807, 2.05) is 6.07 Å². The average molecular weight is 257 g/mol. The third-order valence-corrected chi connectivity index (χ3v) is 3.47. The highest BCUT2D eigenvalue weighted by molar-refractivity contribution is 5.18. The van der Waals surface area contributed by atoms with Crippen molar-refractivity contribution < 1.29 is 4.42 Å². The van der Waals surface area contributed by atoms with Crippen LogP contribution < -0.4 is 5.32 Å². The summed E-state index contributed by atoms with van der Waals surface area (Å²) in [5.41, 5.74) is 2.65. The normalized spacial score (nSPS) is 12.5. The van der Waals surface area contributed by atoms with Gasteiger partial charge in [-0.05, 0) is 49.9 Å². The lowest BCUT2D eigenvalue weighted by molar-refractivity contribution is 0.392. The van der Waals surface area contributed by atoms with Crippen molar-refractivity contribution in [3.8, 4) is 0 Å². The molecule has 0 amide bonds. The zero-order valence-corrected chi connectivity index (χ0v) is 11.9. The maximum absolute atomic E-state index is 5.62. The van der Waals surface area contributed by atoms with Gasteiger partial charge >= 0.3 is 0 Å². The summed E-state index contributed by atoms with van der Waals surface area (Å²) in [5.74, 6) is 1.09. The van der Waals surface area contributed by atoms with Crippen molar-refractivity contribution in [2.45, 2.75) is 39.2 Å². The van der Waals surface area contributed by atoms with Gasteiger partial charge in [0.15, 0.2) is 0 Å². The highest BCUT2D eigenvalue weighted by Crippen LogP contribution is 2.23. The molecule has 0 saturated heterocycles. The van der Waals surface area contributed by atoms with Gasteiger partial charge in [0.2, 0.25) is 0 Å². The van der Waals surface area contributed by atoms with Gasteiger partial charge in [0.1, 0.15) is 5.76 Å². The van der Waals surface area contributed by atoms with Crippen LogP contribution in [0.1, 0.15) is 42.7 Å². The van der Waals surface area contributed by atoms with Gasteiger partial charge in [-0.15, -0.1) is 0 Å². The van der Waals surface area contributed by atoms with Crippen LogP contribution in [0, 0.1) is 6.92 Å². The van der Waals surface area contributed by atoms with Crippen molar-refractivity contribution >= 4 is 0 Å². The largest absolute Gasteiger partial charge is 0.467 e. The molecular formula is C17H23NO. The second kappa shape index (κ2) is 7.15. The smallest absolute Gasteiger partial charge is 0.123 e. The van der Waals surface area contributed by atoms with E-state index < -0.39 is 0 Å². The molecule has 0 bridgehead atoms. The monoisotopic (exact) mass is 257 g/mol. The molecule has 0 fully saturated rings. The van der Waals surface area contributed by atoms with Gasteiger partial charge in [-0.1, -0.05) is 37.3 Å². The van der Waals surface area contributed by atoms with E-state index >= 15 is 0 Å². The number of aryl methyl sites for hydroxylation is 2. The number of benzene rings is 1. The van der Waals surface area contributed by atoms with Gasteiger partial charge < -0.3 is 9.73 Å². The predicted octanol–water partition coefficient (Wildman–Crippen LogP) is 4.26. The summed E-state index contributed by atoms with van der Waals surface area (Å²) in [5, 5.41) is 3.52. The Hall–Kier alpha value is -1.54. The van der Waals surface area contributed by atoms with Crippen molar-refractivity contribution in [2.24, 2.45) is 0 Å². The fourth-order valence-corrected chi connectivity index (χ4v) is 2.47. The van der Waals surface area contributed by atoms with Crippen LogP contribution in [0.3, 0.4) is 0 Å². The molecule has 1 unspecified atom stereocenters. The lowest BCUT2D eigenvalue weighted by Crippen LogP contribution is -2.21. The molecule has 2 rings (SSSR count). The van der Waals surface area contributed by atoms with Crippen molar-refractivity contribution in [3.05, 3.63) is 59.5 Å². The van der Waals surface area contributed by atoms with Crippen LogP contribution in [0.4, 0.5) is 0 Å². The van der Waals surface area contributed by atoms with Gasteiger partial charge in [0.25, 0.3) is 0 Å². The number of nitrogens with one attached hydrogen (secondary N) is 1. The van der Waals surface area contributed by atoms with E-state index in [9.17, 15) is 0 Å². The number of hydrogen-bond donors (Lipinski definition) is 1. The summed E-state index contributed by atoms with van der Waals surface area (Å²) >= 11 is 0. The molecule has 0 spiro atoms. The molecule has 2 heteroatoms. The van der Waals surface area contributed by atoms with Crippen LogP contribution in [0.25, 0.3) is 0 Å². The summed E-state index contributed by atoms with van der Waals surface area (Å²) in [4.78, 5) is 0. The molecule has 2 aromatic rings. The van der Waals surface area contributed by atoms with Gasteiger partial charge in [0.05, 0.1) is 12.3 Å². The minimum absolute atomic E-state index is 0.337. The molecule has 0 aliphatic heterocycles. The minimum atomic E-state index is 0.337. The van der Waals surface area contributed by atoms with Gasteiger partial charge in [-0.3, -0.25) is 0 Å². The molecule has 1 atom stereocenters. The van der Waals surface area contributed by atoms with Crippen molar-refractivity contribution in [3.63, 3.8) is 0 Å². The minimum Gasteiger partial charge on any atom is -0.467 e. The SMILES string of the molecule is CCNC(CCCc1ccccc1)c1occc1C. The lowest BCUT2D eigenvalue weighted by atomic mass is 10.0. The second-order valence-electron chi connectivity index (χ2n) is 4.96. The summed E-state index contributed by atoms with van der Waals surface area (Å²) < 4.78 is 5.62. The molecule has 19 heavy (non-hydrogen) atoms. The fourth-order valence-electron chi connectivity index (χ4n) is 2.47. The first-order valence-corrected chi connectivity index (χ1v) is 7.12. The van der Waals surface area contributed by atoms with Crippen LogP contribution in [0.2, 0.25) is 0 Å². The van der Waals surface area contributed by atoms with Crippen molar-refractivity contribution in [1.29, 1.82) is 0 Å². The van der Waals surface area contributed by atoms with E-state index in [1.54, 1.807) is 6.26 Å². The maximum Gasteiger partial charge on any atom is 0.123 e. The fraction of sp³-hybridized carbons (Fsp3) is 0.412. The number of rotatable bonds is 7. The number of hydrogen-bond acceptors (Lipinski definition) is 2. The highest BCUT2D eigenvalue weighted by atomic mass is 16.3. The summed E-state index contributed by atoms with van der Waals surface area (Å²) in [7, 11) is 0. The van der Waals surface area contributed by atoms with E-state index in [4.69, 9.17) is 4.42 Å². The summed E-state index contributed by atoms with van der Waals surface area (Å²) in [6.45, 7) is 5.22. The van der Waals surface area contributed by atoms with E-state index in [0.717, 1.165) is 25.1 Å². The molecule has 102 valence electrons. The molecule has 1 heterocycles. The average Bonchev–Trinajstić information content (AvgIpc) is 2.85. The Morgan fingerprint density at radius 3 is 2.58 bits per heavy atom. The molecule has 1 aromatic heterocycles. The number of furan rings is 1. The second-order valence-corrected chi connectivity index (χ2v) is 4.96. The van der Waals surface area contributed by atoms with Gasteiger partial charge in [-0.2, -0.15) is 0 Å². The Balaban J connectivity index is 1.89. The Kier molecular flexibility index (Phi) is 5.22. The zero-order valence-electron chi connectivity index (χ0n) is 11.9. The Morgan fingerprint density at radius 2 is 1.95 bits per heavy atom. The van der Waals surface area contributed by atoms with Crippen molar-refractivity contribution in [1.82, 2.24) is 5.32 Å². The Bertz CT molecular complexity index is 475. The third-order valence-electron chi connectivity index (χ3n) is 3.47. The Morgan fingerprint density at radius 1 is 1.16 bits per heavy atom. The molecule has 1 aromatic carbocycles. The molecular weight excluding hydrogens is 234 g/mol. The first-order valence-electron chi connectivity index (χ1n) is 7.12. The van der Waals surface area contributed by atoms with Crippen molar-refractivity contribution in [2.75, 3.05) is 6.54 Å². The van der Waals surface area contributed by atoms with E-state index in [2.05, 4.69) is 49.5 Å². The van der Waals surface area contributed by atoms with Gasteiger partial charge in [0, 0.05) is 0 Å². The first-order chi connectivity index (χ1) is 9.31. The molecule has 0 aliphatic rings. The molecule has 0 saturated carbocycles. The summed E-state index contributed by atoms with van der Waals surface area (Å²) in [6.07, 6.45) is 5.19. The quantitative estimate of drug-likeness (QED) is 0.801. The van der Waals surface area contributed by atoms with Crippen LogP contribution >= 0.6 is 0 Å². The van der Waals surface area contributed by atoms with Crippen LogP contribution in [-0.2, 0) is 6.42 Å². The topological polar surface area (TPSA) is 25.2 Å². The lowest BCUT2D eigenvalue weighted by Gasteiger charge is -2.16. The Labute approximate surface area is 115 Å². The predicted molar refractivity (Wildman–Crippen MR) is 79.2 cm³/mol. The van der Waals surface area contributed by atoms with Gasteiger partial charge in [-0.25, -0.2) is 0 Å². The van der Waals surface area contributed by atoms with Crippen LogP contribution in [-0.4, -0.2) is 6.54 Å². The van der Waals surface area contributed by atoms with E-state index in [1.165, 1.54) is 17.5 Å². The molecule has 2 nitrogen and oxygen atoms in total. The third kappa shape index (κ3) is 3.97. The standard InChI is InChI=1S/C17H23NO/c1-3-18-16(17-14(2)12-13-19-17)11-7-10-15-8-5-4-6-9-15/h4-6,8-9,12-13,16,18H,3,7,10-11H2,1-2H3. The molecule has 0 radical (unpaired) electrons. The molecule has 0 aliphatic carbocycles.